The summed E-state index contributed by atoms with van der Waals surface area (Å²) in [4.78, 5) is 6.76. The Morgan fingerprint density at radius 3 is 2.59 bits per heavy atom. The lowest BCUT2D eigenvalue weighted by atomic mass is 10.0. The van der Waals surface area contributed by atoms with Crippen LogP contribution in [-0.4, -0.2) is 76.1 Å². The molecule has 1 aliphatic rings. The van der Waals surface area contributed by atoms with E-state index >= 15 is 0 Å². The highest BCUT2D eigenvalue weighted by Crippen LogP contribution is 2.14. The maximum atomic E-state index is 5.43. The number of ether oxygens (including phenoxy) is 2. The third-order valence-electron chi connectivity index (χ3n) is 3.99. The summed E-state index contributed by atoms with van der Waals surface area (Å²) in [6.45, 7) is 13.6. The molecule has 6 heteroatoms. The molecule has 1 saturated heterocycles. The fraction of sp³-hybridized carbons (Fsp3) is 0.938. The molecule has 0 atom stereocenters. The maximum absolute atomic E-state index is 5.43. The van der Waals surface area contributed by atoms with E-state index < -0.39 is 0 Å². The fourth-order valence-corrected chi connectivity index (χ4v) is 2.48. The molecule has 0 bridgehead atoms. The Bertz CT molecular complexity index is 315. The van der Waals surface area contributed by atoms with Crippen LogP contribution in [-0.2, 0) is 9.47 Å². The van der Waals surface area contributed by atoms with Gasteiger partial charge in [0.05, 0.1) is 13.2 Å². The minimum atomic E-state index is 0.0936. The molecule has 0 aliphatic carbocycles. The molecular formula is C16H34N4O2. The predicted molar refractivity (Wildman–Crippen MR) is 91.6 cm³/mol. The summed E-state index contributed by atoms with van der Waals surface area (Å²) in [6, 6.07) is 0. The number of rotatable bonds is 9. The Labute approximate surface area is 135 Å². The Balaban J connectivity index is 2.22. The van der Waals surface area contributed by atoms with Gasteiger partial charge >= 0.3 is 0 Å². The number of guanidine groups is 1. The molecule has 6 nitrogen and oxygen atoms in total. The Morgan fingerprint density at radius 2 is 1.95 bits per heavy atom. The summed E-state index contributed by atoms with van der Waals surface area (Å²) in [5.74, 6) is 0.873. The number of morpholine rings is 1. The Kier molecular flexibility index (Phi) is 9.43. The average molecular weight is 314 g/mol. The van der Waals surface area contributed by atoms with E-state index in [-0.39, 0.29) is 5.54 Å². The number of nitrogens with zero attached hydrogens (tertiary/aromatic N) is 2. The molecule has 0 unspecified atom stereocenters. The lowest BCUT2D eigenvalue weighted by Gasteiger charge is -2.41. The lowest BCUT2D eigenvalue weighted by molar-refractivity contribution is -0.00833. The quantitative estimate of drug-likeness (QED) is 0.379. The summed E-state index contributed by atoms with van der Waals surface area (Å²) in [7, 11) is 1.82. The molecule has 0 aromatic heterocycles. The molecule has 0 aromatic rings. The molecule has 0 radical (unpaired) electrons. The zero-order valence-electron chi connectivity index (χ0n) is 14.8. The third-order valence-corrected chi connectivity index (χ3v) is 3.99. The van der Waals surface area contributed by atoms with Crippen LogP contribution < -0.4 is 10.6 Å². The van der Waals surface area contributed by atoms with Crippen molar-refractivity contribution in [3.8, 4) is 0 Å². The first-order chi connectivity index (χ1) is 10.6. The van der Waals surface area contributed by atoms with Crippen LogP contribution in [0.25, 0.3) is 0 Å². The summed E-state index contributed by atoms with van der Waals surface area (Å²) in [6.07, 6.45) is 2.17. The topological polar surface area (TPSA) is 58.1 Å². The molecule has 1 fully saturated rings. The van der Waals surface area contributed by atoms with Crippen LogP contribution >= 0.6 is 0 Å². The highest BCUT2D eigenvalue weighted by atomic mass is 16.5. The van der Waals surface area contributed by atoms with Crippen LogP contribution in [0, 0.1) is 0 Å². The first kappa shape index (κ1) is 19.2. The van der Waals surface area contributed by atoms with Crippen molar-refractivity contribution in [1.82, 2.24) is 15.5 Å². The summed E-state index contributed by atoms with van der Waals surface area (Å²) in [5, 5.41) is 6.80. The van der Waals surface area contributed by atoms with Crippen LogP contribution in [0.1, 0.15) is 33.6 Å². The van der Waals surface area contributed by atoms with Crippen LogP contribution in [0.4, 0.5) is 0 Å². The van der Waals surface area contributed by atoms with Crippen molar-refractivity contribution in [3.63, 3.8) is 0 Å². The number of hydrogen-bond acceptors (Lipinski definition) is 4. The van der Waals surface area contributed by atoms with Crippen molar-refractivity contribution in [2.75, 3.05) is 59.7 Å². The van der Waals surface area contributed by atoms with Crippen molar-refractivity contribution in [3.05, 3.63) is 0 Å². The molecule has 1 rings (SSSR count). The van der Waals surface area contributed by atoms with E-state index in [4.69, 9.17) is 9.47 Å². The zero-order chi connectivity index (χ0) is 16.3. The number of hydrogen-bond donors (Lipinski definition) is 2. The summed E-state index contributed by atoms with van der Waals surface area (Å²) < 4.78 is 10.8. The van der Waals surface area contributed by atoms with E-state index in [1.807, 2.05) is 14.0 Å². The van der Waals surface area contributed by atoms with Gasteiger partial charge in [0, 0.05) is 52.0 Å². The van der Waals surface area contributed by atoms with Gasteiger partial charge in [0.1, 0.15) is 0 Å². The second kappa shape index (κ2) is 10.8. The monoisotopic (exact) mass is 314 g/mol. The maximum Gasteiger partial charge on any atom is 0.191 e. The van der Waals surface area contributed by atoms with Crippen LogP contribution in [0.15, 0.2) is 4.99 Å². The van der Waals surface area contributed by atoms with Crippen molar-refractivity contribution in [1.29, 1.82) is 0 Å². The smallest absolute Gasteiger partial charge is 0.191 e. The fourth-order valence-electron chi connectivity index (χ4n) is 2.48. The minimum absolute atomic E-state index is 0.0936. The Hall–Kier alpha value is -0.850. The lowest BCUT2D eigenvalue weighted by Crippen LogP contribution is -2.56. The molecule has 1 heterocycles. The van der Waals surface area contributed by atoms with Gasteiger partial charge in [-0.15, -0.1) is 0 Å². The van der Waals surface area contributed by atoms with Crippen molar-refractivity contribution in [2.45, 2.75) is 39.2 Å². The van der Waals surface area contributed by atoms with Crippen molar-refractivity contribution < 1.29 is 9.47 Å². The van der Waals surface area contributed by atoms with Crippen LogP contribution in [0.3, 0.4) is 0 Å². The van der Waals surface area contributed by atoms with E-state index in [2.05, 4.69) is 34.4 Å². The molecule has 130 valence electrons. The first-order valence-corrected chi connectivity index (χ1v) is 8.45. The molecule has 0 aromatic carbocycles. The van der Waals surface area contributed by atoms with Gasteiger partial charge < -0.3 is 20.1 Å². The second-order valence-corrected chi connectivity index (χ2v) is 6.17. The molecule has 0 saturated carbocycles. The molecule has 2 N–H and O–H groups in total. The SMILES string of the molecule is CCOCCCCNC(=NC)NCC(C)(C)N1CCOCC1. The number of aliphatic imine (C=N–C) groups is 1. The van der Waals surface area contributed by atoms with E-state index in [9.17, 15) is 0 Å². The first-order valence-electron chi connectivity index (χ1n) is 8.45. The van der Waals surface area contributed by atoms with E-state index in [0.29, 0.717) is 0 Å². The van der Waals surface area contributed by atoms with Gasteiger partial charge in [0.15, 0.2) is 5.96 Å². The van der Waals surface area contributed by atoms with Gasteiger partial charge in [-0.25, -0.2) is 0 Å². The second-order valence-electron chi connectivity index (χ2n) is 6.17. The molecule has 22 heavy (non-hydrogen) atoms. The highest BCUT2D eigenvalue weighted by molar-refractivity contribution is 5.79. The molecule has 1 aliphatic heterocycles. The molecule has 0 spiro atoms. The standard InChI is InChI=1S/C16H34N4O2/c1-5-21-11-7-6-8-18-15(17-4)19-14-16(2,3)20-9-12-22-13-10-20/h5-14H2,1-4H3,(H2,17,18,19). The van der Waals surface area contributed by atoms with Gasteiger partial charge in [-0.2, -0.15) is 0 Å². The van der Waals surface area contributed by atoms with Gasteiger partial charge in [0.25, 0.3) is 0 Å². The van der Waals surface area contributed by atoms with Gasteiger partial charge in [0.2, 0.25) is 0 Å². The van der Waals surface area contributed by atoms with Crippen LogP contribution in [0.5, 0.6) is 0 Å². The summed E-state index contributed by atoms with van der Waals surface area (Å²) in [5.41, 5.74) is 0.0936. The van der Waals surface area contributed by atoms with Crippen LogP contribution in [0.2, 0.25) is 0 Å². The normalized spacial score (nSPS) is 17.5. The largest absolute Gasteiger partial charge is 0.382 e. The van der Waals surface area contributed by atoms with Gasteiger partial charge in [-0.3, -0.25) is 9.89 Å². The predicted octanol–water partition coefficient (Wildman–Crippen LogP) is 1.08. The molecule has 0 amide bonds. The number of unbranched alkanes of at least 4 members (excludes halogenated alkanes) is 1. The van der Waals surface area contributed by atoms with Gasteiger partial charge in [-0.1, -0.05) is 0 Å². The summed E-state index contributed by atoms with van der Waals surface area (Å²) >= 11 is 0. The third kappa shape index (κ3) is 7.42. The minimum Gasteiger partial charge on any atom is -0.382 e. The zero-order valence-corrected chi connectivity index (χ0v) is 14.8. The Morgan fingerprint density at radius 1 is 1.23 bits per heavy atom. The number of nitrogens with one attached hydrogen (secondary N) is 2. The highest BCUT2D eigenvalue weighted by Gasteiger charge is 2.28. The van der Waals surface area contributed by atoms with E-state index in [1.165, 1.54) is 0 Å². The van der Waals surface area contributed by atoms with Crippen molar-refractivity contribution in [2.24, 2.45) is 4.99 Å². The molecular weight excluding hydrogens is 280 g/mol. The van der Waals surface area contributed by atoms with Crippen molar-refractivity contribution >= 4 is 5.96 Å². The van der Waals surface area contributed by atoms with E-state index in [1.54, 1.807) is 0 Å². The average Bonchev–Trinajstić information content (AvgIpc) is 2.54. The van der Waals surface area contributed by atoms with Gasteiger partial charge in [-0.05, 0) is 33.6 Å². The van der Waals surface area contributed by atoms with E-state index in [0.717, 1.165) is 71.4 Å².